The summed E-state index contributed by atoms with van der Waals surface area (Å²) in [6.45, 7) is 2.08. The summed E-state index contributed by atoms with van der Waals surface area (Å²) in [6.07, 6.45) is 0.406. The Morgan fingerprint density at radius 2 is 1.83 bits per heavy atom. The van der Waals surface area contributed by atoms with E-state index in [9.17, 15) is 14.3 Å². The molecule has 0 bridgehead atoms. The van der Waals surface area contributed by atoms with Gasteiger partial charge in [-0.05, 0) is 41.7 Å². The molecule has 0 amide bonds. The van der Waals surface area contributed by atoms with Crippen LogP contribution in [0.25, 0.3) is 11.1 Å². The van der Waals surface area contributed by atoms with Crippen LogP contribution in [0.2, 0.25) is 0 Å². The summed E-state index contributed by atoms with van der Waals surface area (Å²) in [7, 11) is 0. The van der Waals surface area contributed by atoms with E-state index in [0.717, 1.165) is 16.7 Å². The van der Waals surface area contributed by atoms with Crippen LogP contribution in [-0.4, -0.2) is 35.2 Å². The number of carboxylic acid groups (broad SMARTS) is 1. The van der Waals surface area contributed by atoms with Crippen molar-refractivity contribution in [2.75, 3.05) is 13.1 Å². The molecule has 23 heavy (non-hydrogen) atoms. The normalized spacial score (nSPS) is 16.4. The van der Waals surface area contributed by atoms with E-state index in [1.807, 2.05) is 36.4 Å². The maximum atomic E-state index is 13.3. The number of likely N-dealkylation sites (tertiary alicyclic amines) is 1. The number of halogens is 1. The van der Waals surface area contributed by atoms with Crippen LogP contribution < -0.4 is 0 Å². The lowest BCUT2D eigenvalue weighted by molar-refractivity contribution is 0.0696. The number of rotatable bonds is 4. The first-order valence-electron chi connectivity index (χ1n) is 7.91. The fourth-order valence-electron chi connectivity index (χ4n) is 3.06. The van der Waals surface area contributed by atoms with Crippen molar-refractivity contribution in [1.82, 2.24) is 4.90 Å². The Morgan fingerprint density at radius 1 is 1.13 bits per heavy atom. The van der Waals surface area contributed by atoms with Crippen LogP contribution in [0.1, 0.15) is 28.8 Å². The maximum absolute atomic E-state index is 13.3. The highest BCUT2D eigenvalue weighted by Crippen LogP contribution is 2.27. The van der Waals surface area contributed by atoms with E-state index in [1.165, 1.54) is 0 Å². The third-order valence-corrected chi connectivity index (χ3v) is 4.35. The molecule has 0 saturated carbocycles. The lowest BCUT2D eigenvalue weighted by Gasteiger charge is -2.29. The summed E-state index contributed by atoms with van der Waals surface area (Å²) in [4.78, 5) is 13.5. The number of alkyl halides is 1. The predicted molar refractivity (Wildman–Crippen MR) is 88.2 cm³/mol. The van der Waals surface area contributed by atoms with Gasteiger partial charge in [0.25, 0.3) is 0 Å². The van der Waals surface area contributed by atoms with Crippen LogP contribution in [0.3, 0.4) is 0 Å². The van der Waals surface area contributed by atoms with Crippen LogP contribution >= 0.6 is 0 Å². The number of hydrogen-bond acceptors (Lipinski definition) is 2. The van der Waals surface area contributed by atoms with E-state index in [4.69, 9.17) is 0 Å². The van der Waals surface area contributed by atoms with Crippen molar-refractivity contribution in [3.8, 4) is 11.1 Å². The first kappa shape index (κ1) is 15.7. The monoisotopic (exact) mass is 313 g/mol. The summed E-state index contributed by atoms with van der Waals surface area (Å²) >= 11 is 0. The zero-order chi connectivity index (χ0) is 16.2. The summed E-state index contributed by atoms with van der Waals surface area (Å²) in [5.41, 5.74) is 3.38. The molecule has 0 unspecified atom stereocenters. The highest BCUT2D eigenvalue weighted by Gasteiger charge is 2.20. The predicted octanol–water partition coefficient (Wildman–Crippen LogP) is 3.99. The molecule has 1 aliphatic rings. The van der Waals surface area contributed by atoms with Crippen LogP contribution in [0.15, 0.2) is 48.5 Å². The molecule has 0 radical (unpaired) electrons. The number of carboxylic acids is 1. The third kappa shape index (κ3) is 3.77. The third-order valence-electron chi connectivity index (χ3n) is 4.35. The highest BCUT2D eigenvalue weighted by atomic mass is 19.1. The van der Waals surface area contributed by atoms with Gasteiger partial charge in [-0.1, -0.05) is 36.4 Å². The summed E-state index contributed by atoms with van der Waals surface area (Å²) in [5, 5.41) is 9.25. The Morgan fingerprint density at radius 3 is 2.48 bits per heavy atom. The lowest BCUT2D eigenvalue weighted by atomic mass is 9.96. The van der Waals surface area contributed by atoms with Crippen LogP contribution in [0.5, 0.6) is 0 Å². The smallest absolute Gasteiger partial charge is 0.335 e. The zero-order valence-corrected chi connectivity index (χ0v) is 12.9. The second-order valence-corrected chi connectivity index (χ2v) is 5.99. The average molecular weight is 313 g/mol. The molecule has 0 aliphatic carbocycles. The average Bonchev–Trinajstić information content (AvgIpc) is 2.57. The van der Waals surface area contributed by atoms with Crippen LogP contribution in [-0.2, 0) is 6.54 Å². The molecule has 120 valence electrons. The second-order valence-electron chi connectivity index (χ2n) is 5.99. The van der Waals surface area contributed by atoms with Crippen molar-refractivity contribution in [1.29, 1.82) is 0 Å². The summed E-state index contributed by atoms with van der Waals surface area (Å²) in [6, 6.07) is 15.2. The van der Waals surface area contributed by atoms with Crippen molar-refractivity contribution >= 4 is 5.97 Å². The molecule has 0 spiro atoms. The lowest BCUT2D eigenvalue weighted by Crippen LogP contribution is -2.34. The molecule has 2 aromatic rings. The minimum Gasteiger partial charge on any atom is -0.478 e. The van der Waals surface area contributed by atoms with E-state index < -0.39 is 12.1 Å². The van der Waals surface area contributed by atoms with Gasteiger partial charge in [0.15, 0.2) is 0 Å². The van der Waals surface area contributed by atoms with Gasteiger partial charge in [-0.25, -0.2) is 9.18 Å². The van der Waals surface area contributed by atoms with E-state index in [0.29, 0.717) is 38.0 Å². The van der Waals surface area contributed by atoms with Gasteiger partial charge in [0.2, 0.25) is 0 Å². The van der Waals surface area contributed by atoms with Crippen molar-refractivity contribution in [2.45, 2.75) is 25.6 Å². The van der Waals surface area contributed by atoms with Crippen molar-refractivity contribution < 1.29 is 14.3 Å². The van der Waals surface area contributed by atoms with E-state index >= 15 is 0 Å². The van der Waals surface area contributed by atoms with E-state index in [1.54, 1.807) is 12.1 Å². The van der Waals surface area contributed by atoms with Gasteiger partial charge in [-0.3, -0.25) is 4.90 Å². The SMILES string of the molecule is O=C(O)c1ccc(-c2ccccc2)c(CN2CCC(F)CC2)c1. The molecule has 1 aliphatic heterocycles. The molecule has 0 atom stereocenters. The summed E-state index contributed by atoms with van der Waals surface area (Å²) < 4.78 is 13.3. The quantitative estimate of drug-likeness (QED) is 0.928. The van der Waals surface area contributed by atoms with Gasteiger partial charge in [0, 0.05) is 19.6 Å². The Balaban J connectivity index is 1.91. The Hall–Kier alpha value is -2.20. The molecule has 1 fully saturated rings. The number of aromatic carboxylic acids is 1. The maximum Gasteiger partial charge on any atom is 0.335 e. The number of nitrogens with zero attached hydrogens (tertiary/aromatic N) is 1. The summed E-state index contributed by atoms with van der Waals surface area (Å²) in [5.74, 6) is -0.923. The number of carbonyl (C=O) groups is 1. The molecule has 1 N–H and O–H groups in total. The molecule has 3 nitrogen and oxygen atoms in total. The number of piperidine rings is 1. The van der Waals surface area contributed by atoms with E-state index in [2.05, 4.69) is 4.90 Å². The topological polar surface area (TPSA) is 40.5 Å². The first-order valence-corrected chi connectivity index (χ1v) is 7.91. The Kier molecular flexibility index (Phi) is 4.72. The van der Waals surface area contributed by atoms with Gasteiger partial charge in [0.05, 0.1) is 5.56 Å². The fourth-order valence-corrected chi connectivity index (χ4v) is 3.06. The van der Waals surface area contributed by atoms with Crippen molar-refractivity contribution in [2.24, 2.45) is 0 Å². The molecular weight excluding hydrogens is 293 g/mol. The molecule has 0 aromatic heterocycles. The number of hydrogen-bond donors (Lipinski definition) is 1. The van der Waals surface area contributed by atoms with Gasteiger partial charge in [0.1, 0.15) is 6.17 Å². The van der Waals surface area contributed by atoms with Gasteiger partial charge in [-0.2, -0.15) is 0 Å². The zero-order valence-electron chi connectivity index (χ0n) is 12.9. The Labute approximate surface area is 135 Å². The second kappa shape index (κ2) is 6.92. The highest BCUT2D eigenvalue weighted by molar-refractivity contribution is 5.89. The van der Waals surface area contributed by atoms with Gasteiger partial charge >= 0.3 is 5.97 Å². The van der Waals surface area contributed by atoms with Gasteiger partial charge < -0.3 is 5.11 Å². The van der Waals surface area contributed by atoms with Crippen LogP contribution in [0, 0.1) is 0 Å². The van der Waals surface area contributed by atoms with Crippen molar-refractivity contribution in [3.05, 3.63) is 59.7 Å². The fraction of sp³-hybridized carbons (Fsp3) is 0.316. The van der Waals surface area contributed by atoms with E-state index in [-0.39, 0.29) is 0 Å². The van der Waals surface area contributed by atoms with Crippen LogP contribution in [0.4, 0.5) is 4.39 Å². The molecular formula is C19H20FNO2. The Bertz CT molecular complexity index is 679. The molecule has 4 heteroatoms. The molecule has 1 saturated heterocycles. The standard InChI is InChI=1S/C19H20FNO2/c20-17-8-10-21(11-9-17)13-16-12-15(19(22)23)6-7-18(16)14-4-2-1-3-5-14/h1-7,12,17H,8-11,13H2,(H,22,23). The first-order chi connectivity index (χ1) is 11.1. The molecule has 1 heterocycles. The minimum absolute atomic E-state index is 0.292. The van der Waals surface area contributed by atoms with Crippen molar-refractivity contribution in [3.63, 3.8) is 0 Å². The largest absolute Gasteiger partial charge is 0.478 e. The minimum atomic E-state index is -0.923. The molecule has 2 aromatic carbocycles. The number of benzene rings is 2. The van der Waals surface area contributed by atoms with Gasteiger partial charge in [-0.15, -0.1) is 0 Å². The molecule has 3 rings (SSSR count).